The fourth-order valence-corrected chi connectivity index (χ4v) is 7.88. The SMILES string of the molecule is COP(=O)(O)N(C(=O)OCc1ccccc1)C(C(=O)O)(P(=O)(O)OC)P(=O)(O)OC. The van der Waals surface area contributed by atoms with Crippen molar-refractivity contribution in [3.05, 3.63) is 35.9 Å². The highest BCUT2D eigenvalue weighted by molar-refractivity contribution is 7.76. The summed E-state index contributed by atoms with van der Waals surface area (Å²) in [5, 5.41) is 5.34. The first kappa shape index (κ1) is 26.4. The van der Waals surface area contributed by atoms with Crippen LogP contribution in [-0.2, 0) is 43.4 Å². The Kier molecular flexibility index (Phi) is 8.54. The first-order valence-electron chi connectivity index (χ1n) is 7.65. The van der Waals surface area contributed by atoms with Gasteiger partial charge in [0.15, 0.2) is 0 Å². The molecule has 1 aromatic rings. The second-order valence-electron chi connectivity index (χ2n) is 5.37. The first-order valence-corrected chi connectivity index (χ1v) is 12.3. The van der Waals surface area contributed by atoms with Crippen LogP contribution in [0.4, 0.5) is 4.79 Å². The van der Waals surface area contributed by atoms with E-state index in [0.29, 0.717) is 26.9 Å². The van der Waals surface area contributed by atoms with Crippen LogP contribution in [0.1, 0.15) is 5.56 Å². The van der Waals surface area contributed by atoms with Gasteiger partial charge in [0.2, 0.25) is 0 Å². The van der Waals surface area contributed by atoms with Gasteiger partial charge in [0.05, 0.1) is 0 Å². The lowest BCUT2D eigenvalue weighted by molar-refractivity contribution is -0.141. The number of carboxylic acid groups (broad SMARTS) is 1. The average Bonchev–Trinajstić information content (AvgIpc) is 2.69. The number of carboxylic acids is 1. The summed E-state index contributed by atoms with van der Waals surface area (Å²) in [5.41, 5.74) is 0.328. The Morgan fingerprint density at radius 3 is 1.77 bits per heavy atom. The van der Waals surface area contributed by atoms with Crippen LogP contribution >= 0.6 is 22.9 Å². The zero-order chi connectivity index (χ0) is 23.4. The quantitative estimate of drug-likeness (QED) is 0.345. The lowest BCUT2D eigenvalue weighted by atomic mass is 10.2. The van der Waals surface area contributed by atoms with Gasteiger partial charge in [-0.15, -0.1) is 0 Å². The maximum atomic E-state index is 12.7. The molecule has 30 heavy (non-hydrogen) atoms. The molecule has 4 N–H and O–H groups in total. The second-order valence-corrected chi connectivity index (χ2v) is 11.6. The van der Waals surface area contributed by atoms with Crippen molar-refractivity contribution in [1.82, 2.24) is 4.67 Å². The molecule has 0 aliphatic carbocycles. The Labute approximate surface area is 170 Å². The van der Waals surface area contributed by atoms with E-state index in [0.717, 1.165) is 0 Å². The highest BCUT2D eigenvalue weighted by Gasteiger charge is 2.78. The van der Waals surface area contributed by atoms with Gasteiger partial charge >= 0.3 is 40.0 Å². The summed E-state index contributed by atoms with van der Waals surface area (Å²) in [4.78, 5) is 55.1. The van der Waals surface area contributed by atoms with Crippen LogP contribution in [0, 0.1) is 0 Å². The number of aliphatic carboxylic acids is 1. The van der Waals surface area contributed by atoms with E-state index in [1.807, 2.05) is 0 Å². The highest BCUT2D eigenvalue weighted by Crippen LogP contribution is 2.78. The third-order valence-corrected chi connectivity index (χ3v) is 10.4. The minimum Gasteiger partial charge on any atom is -0.478 e. The van der Waals surface area contributed by atoms with Crippen LogP contribution in [0.3, 0.4) is 0 Å². The molecule has 1 rings (SSSR count). The molecular formula is C13H20NO13P3. The normalized spacial score (nSPS) is 19.4. The van der Waals surface area contributed by atoms with Crippen molar-refractivity contribution >= 4 is 35.0 Å². The zero-order valence-corrected chi connectivity index (χ0v) is 18.5. The fourth-order valence-electron chi connectivity index (χ4n) is 2.25. The number of hydrogen-bond donors (Lipinski definition) is 4. The molecule has 3 unspecified atom stereocenters. The average molecular weight is 491 g/mol. The van der Waals surface area contributed by atoms with Crippen LogP contribution in [-0.4, -0.2) is 62.9 Å². The third kappa shape index (κ3) is 4.67. The molecule has 1 amide bonds. The predicted octanol–water partition coefficient (Wildman–Crippen LogP) is 1.77. The number of carbonyl (C=O) groups is 2. The van der Waals surface area contributed by atoms with Crippen LogP contribution in [0.25, 0.3) is 0 Å². The summed E-state index contributed by atoms with van der Waals surface area (Å²) < 4.78 is 54.2. The first-order chi connectivity index (χ1) is 13.7. The van der Waals surface area contributed by atoms with Gasteiger partial charge in [-0.2, -0.15) is 4.67 Å². The molecule has 0 radical (unpaired) electrons. The number of carbonyl (C=O) groups excluding carboxylic acids is 1. The van der Waals surface area contributed by atoms with Gasteiger partial charge in [-0.1, -0.05) is 30.3 Å². The van der Waals surface area contributed by atoms with Gasteiger partial charge in [0.1, 0.15) is 6.61 Å². The van der Waals surface area contributed by atoms with E-state index in [1.165, 1.54) is 12.1 Å². The standard InChI is InChI=1S/C13H20NO13P3/c1-24-28(18,19)13(11(15)16,29(20,21)25-2)14(30(22,23)26-3)12(17)27-9-10-7-5-4-6-8-10/h4-8H,9H2,1-3H3,(H,15,16)(H,18,19)(H,20,21)(H,22,23). The van der Waals surface area contributed by atoms with Crippen molar-refractivity contribution in [2.45, 2.75) is 11.6 Å². The maximum Gasteiger partial charge on any atom is 0.439 e. The van der Waals surface area contributed by atoms with E-state index < -0.39 is 51.3 Å². The Bertz CT molecular complexity index is 896. The summed E-state index contributed by atoms with van der Waals surface area (Å²) in [6, 6.07) is 7.66. The molecule has 0 fully saturated rings. The van der Waals surface area contributed by atoms with Crippen LogP contribution < -0.4 is 0 Å². The monoisotopic (exact) mass is 491 g/mol. The number of rotatable bonds is 10. The Hall–Kier alpha value is -1.59. The number of nitrogens with zero attached hydrogens (tertiary/aromatic N) is 1. The van der Waals surface area contributed by atoms with E-state index in [-0.39, 0.29) is 0 Å². The molecule has 170 valence electrons. The van der Waals surface area contributed by atoms with Crippen LogP contribution in [0.2, 0.25) is 0 Å². The summed E-state index contributed by atoms with van der Waals surface area (Å²) >= 11 is 0. The minimum absolute atomic E-state index is 0.328. The van der Waals surface area contributed by atoms with Gasteiger partial charge in [-0.25, -0.2) is 14.2 Å². The lowest BCUT2D eigenvalue weighted by Crippen LogP contribution is -2.55. The summed E-state index contributed by atoms with van der Waals surface area (Å²) in [5.74, 6) is -2.68. The number of amides is 1. The van der Waals surface area contributed by atoms with E-state index in [9.17, 15) is 43.1 Å². The second kappa shape index (κ2) is 9.69. The van der Waals surface area contributed by atoms with E-state index in [2.05, 4.69) is 13.6 Å². The van der Waals surface area contributed by atoms with Gasteiger partial charge in [0, 0.05) is 21.3 Å². The number of benzene rings is 1. The molecule has 0 spiro atoms. The van der Waals surface area contributed by atoms with Crippen LogP contribution in [0.5, 0.6) is 0 Å². The molecule has 0 aromatic heterocycles. The molecular weight excluding hydrogens is 471 g/mol. The molecule has 0 bridgehead atoms. The van der Waals surface area contributed by atoms with Crippen LogP contribution in [0.15, 0.2) is 30.3 Å². The van der Waals surface area contributed by atoms with Gasteiger partial charge in [-0.05, 0) is 5.56 Å². The van der Waals surface area contributed by atoms with Crippen molar-refractivity contribution in [3.8, 4) is 0 Å². The Morgan fingerprint density at radius 1 is 0.933 bits per heavy atom. The topological polar surface area (TPSA) is 206 Å². The van der Waals surface area contributed by atoms with Crippen molar-refractivity contribution in [2.24, 2.45) is 0 Å². The number of hydrogen-bond acceptors (Lipinski definition) is 9. The van der Waals surface area contributed by atoms with E-state index >= 15 is 0 Å². The predicted molar refractivity (Wildman–Crippen MR) is 99.3 cm³/mol. The minimum atomic E-state index is -5.95. The summed E-state index contributed by atoms with van der Waals surface area (Å²) in [7, 11) is -16.1. The van der Waals surface area contributed by atoms with E-state index in [1.54, 1.807) is 18.2 Å². The molecule has 14 nitrogen and oxygen atoms in total. The van der Waals surface area contributed by atoms with Gasteiger partial charge in [-0.3, -0.25) is 13.7 Å². The zero-order valence-electron chi connectivity index (χ0n) is 15.8. The van der Waals surface area contributed by atoms with Crippen molar-refractivity contribution in [3.63, 3.8) is 0 Å². The lowest BCUT2D eigenvalue weighted by Gasteiger charge is -2.41. The molecule has 0 aliphatic heterocycles. The molecule has 0 heterocycles. The Balaban J connectivity index is 3.77. The molecule has 17 heteroatoms. The summed E-state index contributed by atoms with van der Waals surface area (Å²) in [6.07, 6.45) is -2.05. The summed E-state index contributed by atoms with van der Waals surface area (Å²) in [6.45, 7) is -0.610. The van der Waals surface area contributed by atoms with E-state index in [4.69, 9.17) is 4.74 Å². The molecule has 3 atom stereocenters. The maximum absolute atomic E-state index is 12.7. The largest absolute Gasteiger partial charge is 0.478 e. The number of ether oxygens (including phenoxy) is 1. The fraction of sp³-hybridized carbons (Fsp3) is 0.385. The van der Waals surface area contributed by atoms with Crippen molar-refractivity contribution in [1.29, 1.82) is 0 Å². The smallest absolute Gasteiger partial charge is 0.439 e. The van der Waals surface area contributed by atoms with Crippen molar-refractivity contribution < 1.29 is 61.4 Å². The van der Waals surface area contributed by atoms with Gasteiger partial charge in [0.25, 0.3) is 0 Å². The molecule has 0 saturated carbocycles. The third-order valence-electron chi connectivity index (χ3n) is 3.73. The highest BCUT2D eigenvalue weighted by atomic mass is 31.2. The molecule has 0 aliphatic rings. The molecule has 0 saturated heterocycles. The van der Waals surface area contributed by atoms with Crippen molar-refractivity contribution in [2.75, 3.05) is 21.3 Å². The van der Waals surface area contributed by atoms with Gasteiger partial charge < -0.3 is 33.6 Å². The Morgan fingerprint density at radius 2 is 1.40 bits per heavy atom. The molecule has 1 aromatic carbocycles.